The summed E-state index contributed by atoms with van der Waals surface area (Å²) in [7, 11) is 6.75. The average molecular weight is 1850 g/mol. The fourth-order valence-corrected chi connectivity index (χ4v) is 20.4. The lowest BCUT2D eigenvalue weighted by atomic mass is 9.93. The molecule has 4 heterocycles. The van der Waals surface area contributed by atoms with Gasteiger partial charge in [0, 0.05) is 91.4 Å². The van der Waals surface area contributed by atoms with Crippen LogP contribution >= 0.6 is 45.3 Å². The zero-order chi connectivity index (χ0) is 93.9. The number of fused-ring (bicyclic) bond motifs is 4. The predicted octanol–water partition coefficient (Wildman–Crippen LogP) is 34.6. The molecule has 22 aromatic rings. The van der Waals surface area contributed by atoms with Gasteiger partial charge in [-0.3, -0.25) is 29.6 Å². The maximum absolute atomic E-state index is 9.43. The number of hydrogen-bond donors (Lipinski definition) is 0. The molecule has 664 valence electrons. The summed E-state index contributed by atoms with van der Waals surface area (Å²) in [5.74, 6) is 0. The first-order valence-corrected chi connectivity index (χ1v) is 48.9. The van der Waals surface area contributed by atoms with Crippen molar-refractivity contribution < 1.29 is 9.59 Å². The van der Waals surface area contributed by atoms with Crippen LogP contribution in [0.15, 0.2) is 481 Å². The Kier molecular flexibility index (Phi) is 28.3. The molecule has 12 heteroatoms. The summed E-state index contributed by atoms with van der Waals surface area (Å²) >= 11 is 7.08. The van der Waals surface area contributed by atoms with Crippen molar-refractivity contribution in [2.45, 2.75) is 0 Å². The van der Waals surface area contributed by atoms with Crippen molar-refractivity contribution in [2.75, 3.05) is 28.2 Å². The monoisotopic (exact) mass is 1850 g/mol. The van der Waals surface area contributed by atoms with E-state index in [4.69, 9.17) is 20.0 Å². The van der Waals surface area contributed by atoms with E-state index in [1.165, 1.54) is 161 Å². The van der Waals surface area contributed by atoms with Crippen LogP contribution in [-0.2, 0) is 9.59 Å². The average Bonchev–Trinajstić information content (AvgIpc) is 1.61. The molecule has 22 rings (SSSR count). The highest BCUT2D eigenvalue weighted by atomic mass is 32.1. The molecule has 0 saturated carbocycles. The molecule has 0 radical (unpaired) electrons. The number of thiophene rings is 4. The standard InChI is InChI=1S/2C60H40N2S2.2C3H7NO/c2*1-5-13-41(14-6-1)47-29-48(42-15-7-2-8-16-42)32-51(31-47)45-21-25-55(26-22-45)61-39-57-35-53-37-60-54(38-59(53)63-57)36-58(64-60)40-62-56-27-23-46(24-28-56)52-33-49(43-17-9-3-10-18-43)30-50(34-52)44-19-11-4-12-20-44;2*1-4(2)3-5/h2*1-40H;2*3H,1-2H3. The lowest BCUT2D eigenvalue weighted by Crippen LogP contribution is -2.06. The molecule has 0 aliphatic rings. The number of amides is 2. The molecule has 138 heavy (non-hydrogen) atoms. The van der Waals surface area contributed by atoms with Crippen molar-refractivity contribution in [1.29, 1.82) is 0 Å². The molecular weight excluding hydrogens is 1760 g/mol. The highest BCUT2D eigenvalue weighted by Crippen LogP contribution is 2.43. The fraction of sp³-hybridized carbons (Fsp3) is 0.0317. The van der Waals surface area contributed by atoms with E-state index in [0.717, 1.165) is 77.3 Å². The lowest BCUT2D eigenvalue weighted by Gasteiger charge is -2.11. The number of rotatable bonds is 22. The minimum absolute atomic E-state index is 0.750. The van der Waals surface area contributed by atoms with Gasteiger partial charge in [0.15, 0.2) is 0 Å². The third-order valence-electron chi connectivity index (χ3n) is 23.6. The first kappa shape index (κ1) is 90.6. The Labute approximate surface area is 821 Å². The van der Waals surface area contributed by atoms with E-state index in [1.54, 1.807) is 73.5 Å². The molecule has 0 unspecified atom stereocenters. The molecule has 0 saturated heterocycles. The molecule has 0 spiro atoms. The maximum Gasteiger partial charge on any atom is 0.209 e. The van der Waals surface area contributed by atoms with Crippen molar-refractivity contribution in [3.8, 4) is 134 Å². The number of carbonyl (C=O) groups excluding carboxylic acids is 2. The number of hydrogen-bond acceptors (Lipinski definition) is 10. The van der Waals surface area contributed by atoms with Gasteiger partial charge in [0.2, 0.25) is 12.8 Å². The number of carbonyl (C=O) groups is 2. The van der Waals surface area contributed by atoms with E-state index >= 15 is 0 Å². The van der Waals surface area contributed by atoms with Crippen LogP contribution in [0.3, 0.4) is 0 Å². The van der Waals surface area contributed by atoms with Crippen LogP contribution in [0.5, 0.6) is 0 Å². The van der Waals surface area contributed by atoms with E-state index in [9.17, 15) is 9.59 Å². The molecule has 0 aliphatic heterocycles. The predicted molar refractivity (Wildman–Crippen MR) is 594 cm³/mol. The van der Waals surface area contributed by atoms with Crippen LogP contribution in [0, 0.1) is 0 Å². The molecule has 0 N–H and O–H groups in total. The summed E-state index contributed by atoms with van der Waals surface area (Å²) in [4.78, 5) is 45.8. The van der Waals surface area contributed by atoms with Crippen molar-refractivity contribution >= 4 is 146 Å². The summed E-state index contributed by atoms with van der Waals surface area (Å²) in [5.41, 5.74) is 32.4. The summed E-state index contributed by atoms with van der Waals surface area (Å²) in [5, 5.41) is 4.92. The quantitative estimate of drug-likeness (QED) is 0.0500. The van der Waals surface area contributed by atoms with Gasteiger partial charge in [-0.1, -0.05) is 291 Å². The summed E-state index contributed by atoms with van der Waals surface area (Å²) in [6.45, 7) is 0. The molecule has 0 bridgehead atoms. The van der Waals surface area contributed by atoms with E-state index in [2.05, 4.69) is 461 Å². The Morgan fingerprint density at radius 1 is 0.167 bits per heavy atom. The Morgan fingerprint density at radius 3 is 0.428 bits per heavy atom. The third-order valence-corrected chi connectivity index (χ3v) is 27.7. The highest BCUT2D eigenvalue weighted by Gasteiger charge is 2.16. The summed E-state index contributed by atoms with van der Waals surface area (Å²) in [6, 6.07) is 165. The molecular formula is C126H94N6O2S4. The van der Waals surface area contributed by atoms with Crippen molar-refractivity contribution in [1.82, 2.24) is 9.80 Å². The first-order chi connectivity index (χ1) is 67.8. The van der Waals surface area contributed by atoms with Crippen LogP contribution < -0.4 is 0 Å². The Balaban J connectivity index is 0.000000161. The zero-order valence-electron chi connectivity index (χ0n) is 76.5. The van der Waals surface area contributed by atoms with E-state index in [1.807, 2.05) is 24.9 Å². The summed E-state index contributed by atoms with van der Waals surface area (Å²) < 4.78 is 5.00. The van der Waals surface area contributed by atoms with Crippen LogP contribution in [0.4, 0.5) is 22.7 Å². The lowest BCUT2D eigenvalue weighted by molar-refractivity contribution is -0.116. The Bertz CT molecular complexity index is 6810. The first-order valence-electron chi connectivity index (χ1n) is 45.6. The second kappa shape index (κ2) is 43.2. The SMILES string of the molecule is C(=Nc1ccc(-c2cc(-c3ccccc3)cc(-c3ccccc3)c2)cc1)c1cc2cc3sc(C=Nc4ccc(-c5cc(-c6ccccc6)cc(-c6ccccc6)c5)cc4)cc3cc2s1.C(=Nc1ccc(-c2cc(-c3ccccc3)cc(-c3ccccc3)c2)cc1)c1cc2cc3sc(C=Nc4ccc(-c5cc(-c6ccccc6)cc(-c6ccccc6)c5)cc4)cc3cc2s1.CN(C)C=O.CN(C)C=O. The number of nitrogens with zero attached hydrogens (tertiary/aromatic N) is 6. The molecule has 4 aromatic heterocycles. The van der Waals surface area contributed by atoms with Gasteiger partial charge >= 0.3 is 0 Å². The van der Waals surface area contributed by atoms with Gasteiger partial charge in [0.05, 0.1) is 22.7 Å². The topological polar surface area (TPSA) is 90.1 Å². The molecule has 0 atom stereocenters. The summed E-state index contributed by atoms with van der Waals surface area (Å²) in [6.07, 6.45) is 9.46. The minimum atomic E-state index is 0.750. The van der Waals surface area contributed by atoms with Crippen LogP contribution in [0.1, 0.15) is 19.5 Å². The minimum Gasteiger partial charge on any atom is -0.351 e. The van der Waals surface area contributed by atoms with Crippen LogP contribution in [0.2, 0.25) is 0 Å². The maximum atomic E-state index is 9.43. The van der Waals surface area contributed by atoms with E-state index in [-0.39, 0.29) is 0 Å². The van der Waals surface area contributed by atoms with Crippen molar-refractivity contribution in [3.05, 3.63) is 481 Å². The number of benzene rings is 18. The van der Waals surface area contributed by atoms with Gasteiger partial charge < -0.3 is 9.80 Å². The van der Waals surface area contributed by atoms with Gasteiger partial charge in [-0.15, -0.1) is 45.3 Å². The third kappa shape index (κ3) is 22.7. The second-order valence-electron chi connectivity index (χ2n) is 33.9. The Hall–Kier alpha value is -16.6. The van der Waals surface area contributed by atoms with Crippen molar-refractivity contribution in [2.24, 2.45) is 20.0 Å². The van der Waals surface area contributed by atoms with Crippen LogP contribution in [-0.4, -0.2) is 75.7 Å². The largest absolute Gasteiger partial charge is 0.351 e. The number of aliphatic imine (C=N–C) groups is 4. The van der Waals surface area contributed by atoms with Gasteiger partial charge in [0.25, 0.3) is 0 Å². The van der Waals surface area contributed by atoms with Gasteiger partial charge in [-0.2, -0.15) is 0 Å². The molecule has 0 fully saturated rings. The molecule has 8 nitrogen and oxygen atoms in total. The van der Waals surface area contributed by atoms with Gasteiger partial charge in [-0.05, 0) is 325 Å². The van der Waals surface area contributed by atoms with Crippen LogP contribution in [0.25, 0.3) is 174 Å². The second-order valence-corrected chi connectivity index (χ2v) is 38.4. The highest BCUT2D eigenvalue weighted by molar-refractivity contribution is 7.23. The smallest absolute Gasteiger partial charge is 0.209 e. The van der Waals surface area contributed by atoms with E-state index in [0.29, 0.717) is 0 Å². The van der Waals surface area contributed by atoms with E-state index < -0.39 is 0 Å². The molecule has 18 aromatic carbocycles. The van der Waals surface area contributed by atoms with Crippen molar-refractivity contribution in [3.63, 3.8) is 0 Å². The molecule has 2 amide bonds. The zero-order valence-corrected chi connectivity index (χ0v) is 79.7. The van der Waals surface area contributed by atoms with Gasteiger partial charge in [-0.25, -0.2) is 0 Å². The normalized spacial score (nSPS) is 11.3. The fourth-order valence-electron chi connectivity index (χ4n) is 16.5. The Morgan fingerprint density at radius 2 is 0.297 bits per heavy atom. The van der Waals surface area contributed by atoms with Gasteiger partial charge in [0.1, 0.15) is 0 Å². The molecule has 0 aliphatic carbocycles.